The van der Waals surface area contributed by atoms with Crippen molar-refractivity contribution in [3.8, 4) is 0 Å². The average molecular weight is 152 g/mol. The van der Waals surface area contributed by atoms with Gasteiger partial charge in [0.1, 0.15) is 0 Å². The third-order valence-electron chi connectivity index (χ3n) is 1.62. The Morgan fingerprint density at radius 2 is 1.91 bits per heavy atom. The van der Waals surface area contributed by atoms with E-state index in [4.69, 9.17) is 0 Å². The molecule has 0 fully saturated rings. The molecule has 0 aliphatic carbocycles. The van der Waals surface area contributed by atoms with Crippen molar-refractivity contribution in [1.82, 2.24) is 0 Å². The molecule has 0 N–H and O–H groups in total. The Balaban J connectivity index is 3.53. The zero-order chi connectivity index (χ0) is 8.53. The molecule has 0 aliphatic rings. The summed E-state index contributed by atoms with van der Waals surface area (Å²) in [5, 5.41) is 0. The Morgan fingerprint density at radius 3 is 2.45 bits per heavy atom. The van der Waals surface area contributed by atoms with E-state index in [0.29, 0.717) is 0 Å². The molecule has 64 valence electrons. The highest BCUT2D eigenvalue weighted by atomic mass is 13.9. The molecule has 11 heavy (non-hydrogen) atoms. The maximum atomic E-state index is 2.24. The van der Waals surface area contributed by atoms with E-state index in [1.807, 2.05) is 0 Å². The molecule has 0 saturated carbocycles. The van der Waals surface area contributed by atoms with Crippen LogP contribution in [0, 0.1) is 0 Å². The van der Waals surface area contributed by atoms with Crippen molar-refractivity contribution in [3.63, 3.8) is 0 Å². The van der Waals surface area contributed by atoms with Gasteiger partial charge < -0.3 is 0 Å². The van der Waals surface area contributed by atoms with E-state index in [1.165, 1.54) is 31.3 Å². The lowest BCUT2D eigenvalue weighted by Crippen LogP contribution is -1.72. The molecule has 0 atom stereocenters. The Hall–Kier alpha value is -0.520. The van der Waals surface area contributed by atoms with Crippen LogP contribution in [0.4, 0.5) is 0 Å². The van der Waals surface area contributed by atoms with Gasteiger partial charge in [-0.25, -0.2) is 0 Å². The van der Waals surface area contributed by atoms with Crippen LogP contribution in [0.25, 0.3) is 0 Å². The molecule has 0 radical (unpaired) electrons. The number of allylic oxidation sites excluding steroid dienone is 4. The van der Waals surface area contributed by atoms with Gasteiger partial charge in [-0.1, -0.05) is 50.5 Å². The smallest absolute Gasteiger partial charge is 0.0323 e. The summed E-state index contributed by atoms with van der Waals surface area (Å²) in [6.45, 7) is 6.61. The molecule has 0 saturated heterocycles. The summed E-state index contributed by atoms with van der Waals surface area (Å²) in [6.07, 6.45) is 11.6. The van der Waals surface area contributed by atoms with Crippen molar-refractivity contribution >= 4 is 0 Å². The van der Waals surface area contributed by atoms with E-state index in [0.717, 1.165) is 0 Å². The van der Waals surface area contributed by atoms with Crippen molar-refractivity contribution < 1.29 is 0 Å². The second-order valence-electron chi connectivity index (χ2n) is 2.98. The summed E-state index contributed by atoms with van der Waals surface area (Å²) in [6, 6.07) is 0. The van der Waals surface area contributed by atoms with Crippen LogP contribution in [0.1, 0.15) is 46.5 Å². The predicted octanol–water partition coefficient (Wildman–Crippen LogP) is 4.09. The SMILES string of the molecule is CCC/C=C\C=C(\C)CCC. The van der Waals surface area contributed by atoms with Gasteiger partial charge in [0.25, 0.3) is 0 Å². The third-order valence-corrected chi connectivity index (χ3v) is 1.62. The fraction of sp³-hybridized carbons (Fsp3) is 0.636. The van der Waals surface area contributed by atoms with Crippen LogP contribution >= 0.6 is 0 Å². The molecular weight excluding hydrogens is 132 g/mol. The number of unbranched alkanes of at least 4 members (excludes halogenated alkanes) is 1. The van der Waals surface area contributed by atoms with E-state index in [1.54, 1.807) is 0 Å². The highest BCUT2D eigenvalue weighted by Gasteiger charge is 1.82. The molecule has 0 nitrogen and oxygen atoms in total. The molecule has 0 aromatic rings. The van der Waals surface area contributed by atoms with Crippen LogP contribution in [0.3, 0.4) is 0 Å². The molecule has 0 heteroatoms. The lowest BCUT2D eigenvalue weighted by atomic mass is 10.1. The minimum absolute atomic E-state index is 1.20. The van der Waals surface area contributed by atoms with Crippen LogP contribution in [0.5, 0.6) is 0 Å². The van der Waals surface area contributed by atoms with E-state index >= 15 is 0 Å². The van der Waals surface area contributed by atoms with Crippen LogP contribution in [-0.2, 0) is 0 Å². The van der Waals surface area contributed by atoms with Crippen molar-refractivity contribution in [2.24, 2.45) is 0 Å². The zero-order valence-electron chi connectivity index (χ0n) is 8.06. The minimum Gasteiger partial charge on any atom is -0.0845 e. The molecule has 0 amide bonds. The first kappa shape index (κ1) is 10.5. The van der Waals surface area contributed by atoms with Gasteiger partial charge in [-0.3, -0.25) is 0 Å². The molecular formula is C11H20. The second-order valence-corrected chi connectivity index (χ2v) is 2.98. The lowest BCUT2D eigenvalue weighted by Gasteiger charge is -1.92. The summed E-state index contributed by atoms with van der Waals surface area (Å²) in [5.41, 5.74) is 1.49. The van der Waals surface area contributed by atoms with Crippen molar-refractivity contribution in [1.29, 1.82) is 0 Å². The van der Waals surface area contributed by atoms with Gasteiger partial charge >= 0.3 is 0 Å². The quantitative estimate of drug-likeness (QED) is 0.520. The number of hydrogen-bond donors (Lipinski definition) is 0. The Bertz CT molecular complexity index is 129. The first-order valence-corrected chi connectivity index (χ1v) is 4.63. The van der Waals surface area contributed by atoms with Crippen LogP contribution in [-0.4, -0.2) is 0 Å². The van der Waals surface area contributed by atoms with Gasteiger partial charge in [0.15, 0.2) is 0 Å². The third kappa shape index (κ3) is 7.38. The Kier molecular flexibility index (Phi) is 7.23. The van der Waals surface area contributed by atoms with Crippen LogP contribution < -0.4 is 0 Å². The van der Waals surface area contributed by atoms with E-state index in [2.05, 4.69) is 39.0 Å². The maximum Gasteiger partial charge on any atom is -0.0323 e. The summed E-state index contributed by atoms with van der Waals surface area (Å²) < 4.78 is 0. The largest absolute Gasteiger partial charge is 0.0845 e. The first-order chi connectivity index (χ1) is 5.31. The molecule has 0 aliphatic heterocycles. The topological polar surface area (TPSA) is 0 Å². The minimum atomic E-state index is 1.20. The zero-order valence-corrected chi connectivity index (χ0v) is 8.06. The molecule has 0 heterocycles. The monoisotopic (exact) mass is 152 g/mol. The fourth-order valence-electron chi connectivity index (χ4n) is 0.973. The first-order valence-electron chi connectivity index (χ1n) is 4.63. The van der Waals surface area contributed by atoms with Gasteiger partial charge in [0.2, 0.25) is 0 Å². The van der Waals surface area contributed by atoms with Gasteiger partial charge in [0.05, 0.1) is 0 Å². The fourth-order valence-corrected chi connectivity index (χ4v) is 0.973. The normalized spacial score (nSPS) is 12.8. The van der Waals surface area contributed by atoms with Gasteiger partial charge in [-0.15, -0.1) is 0 Å². The highest BCUT2D eigenvalue weighted by molar-refractivity contribution is 5.10. The van der Waals surface area contributed by atoms with Gasteiger partial charge in [0, 0.05) is 0 Å². The maximum absolute atomic E-state index is 2.24. The Labute approximate surface area is 71.0 Å². The lowest BCUT2D eigenvalue weighted by molar-refractivity contribution is 0.905. The van der Waals surface area contributed by atoms with Crippen LogP contribution in [0.2, 0.25) is 0 Å². The number of rotatable bonds is 5. The molecule has 0 aromatic heterocycles. The van der Waals surface area contributed by atoms with E-state index in [-0.39, 0.29) is 0 Å². The summed E-state index contributed by atoms with van der Waals surface area (Å²) in [4.78, 5) is 0. The van der Waals surface area contributed by atoms with Crippen molar-refractivity contribution in [2.45, 2.75) is 46.5 Å². The second kappa shape index (κ2) is 7.59. The predicted molar refractivity (Wildman–Crippen MR) is 52.7 cm³/mol. The van der Waals surface area contributed by atoms with Gasteiger partial charge in [-0.05, 0) is 19.8 Å². The standard InChI is InChI=1S/C11H20/c1-4-6-7-8-10-11(3)9-5-2/h7-8,10H,4-6,9H2,1-3H3/b8-7-,11-10-. The van der Waals surface area contributed by atoms with Gasteiger partial charge in [-0.2, -0.15) is 0 Å². The molecule has 0 spiro atoms. The highest BCUT2D eigenvalue weighted by Crippen LogP contribution is 2.02. The Morgan fingerprint density at radius 1 is 1.18 bits per heavy atom. The van der Waals surface area contributed by atoms with Crippen LogP contribution in [0.15, 0.2) is 23.8 Å². The summed E-state index contributed by atoms with van der Waals surface area (Å²) >= 11 is 0. The number of hydrogen-bond acceptors (Lipinski definition) is 0. The van der Waals surface area contributed by atoms with E-state index in [9.17, 15) is 0 Å². The van der Waals surface area contributed by atoms with E-state index < -0.39 is 0 Å². The summed E-state index contributed by atoms with van der Waals surface area (Å²) in [7, 11) is 0. The summed E-state index contributed by atoms with van der Waals surface area (Å²) in [5.74, 6) is 0. The van der Waals surface area contributed by atoms with Crippen molar-refractivity contribution in [2.75, 3.05) is 0 Å². The molecule has 0 aromatic carbocycles. The molecule has 0 bridgehead atoms. The van der Waals surface area contributed by atoms with Crippen molar-refractivity contribution in [3.05, 3.63) is 23.8 Å². The average Bonchev–Trinajstić information content (AvgIpc) is 1.99. The molecule has 0 rings (SSSR count). The molecule has 0 unspecified atom stereocenters.